The fourth-order valence-corrected chi connectivity index (χ4v) is 1.56. The molecule has 0 N–H and O–H groups in total. The van der Waals surface area contributed by atoms with Crippen LogP contribution in [0.2, 0.25) is 0 Å². The quantitative estimate of drug-likeness (QED) is 0.401. The van der Waals surface area contributed by atoms with E-state index in [9.17, 15) is 0 Å². The van der Waals surface area contributed by atoms with Gasteiger partial charge in [0.05, 0.1) is 5.75 Å². The molecule has 0 fully saturated rings. The van der Waals surface area contributed by atoms with Crippen molar-refractivity contribution in [3.8, 4) is 12.1 Å². The number of hydrogen-bond acceptors (Lipinski definition) is 2. The number of nitrogens with zero attached hydrogens (tertiary/aromatic N) is 2. The maximum atomic E-state index is 8.56. The largest absolute Gasteiger partial charge is 0.269 e. The summed E-state index contributed by atoms with van der Waals surface area (Å²) in [7, 11) is -0.229. The van der Waals surface area contributed by atoms with Crippen LogP contribution in [0, 0.1) is 28.4 Å². The third kappa shape index (κ3) is 1.52. The average Bonchev–Trinajstić information content (AvgIpc) is 2.04. The highest BCUT2D eigenvalue weighted by Gasteiger charge is 2.18. The van der Waals surface area contributed by atoms with Gasteiger partial charge in [-0.1, -0.05) is 21.6 Å². The van der Waals surface area contributed by atoms with Crippen LogP contribution in [0.1, 0.15) is 0 Å². The van der Waals surface area contributed by atoms with E-state index < -0.39 is 0 Å². The van der Waals surface area contributed by atoms with E-state index in [4.69, 9.17) is 10.5 Å². The minimum Gasteiger partial charge on any atom is -0.176 e. The molecule has 52 valence electrons. The van der Waals surface area contributed by atoms with Gasteiger partial charge in [0.2, 0.25) is 5.57 Å². The van der Waals surface area contributed by atoms with Gasteiger partial charge in [-0.05, 0) is 5.41 Å². The predicted octanol–water partition coefficient (Wildman–Crippen LogP) is 1.72. The lowest BCUT2D eigenvalue weighted by Crippen LogP contribution is -1.88. The van der Waals surface area contributed by atoms with Gasteiger partial charge in [-0.2, -0.15) is 5.26 Å². The normalized spacial score (nSPS) is 21.8. The Morgan fingerprint density at radius 3 is 2.73 bits per heavy atom. The van der Waals surface area contributed by atoms with E-state index in [1.165, 1.54) is 0 Å². The van der Waals surface area contributed by atoms with Crippen molar-refractivity contribution in [2.45, 2.75) is 0 Å². The van der Waals surface area contributed by atoms with Crippen LogP contribution >= 0.6 is 10.5 Å². The highest BCUT2D eigenvalue weighted by Crippen LogP contribution is 2.28. The molecule has 11 heavy (non-hydrogen) atoms. The number of allylic oxidation sites excluding steroid dienone is 2. The van der Waals surface area contributed by atoms with Crippen LogP contribution in [-0.4, -0.2) is 5.87 Å². The molecule has 3 heteroatoms. The maximum Gasteiger partial charge on any atom is 0.269 e. The zero-order valence-corrected chi connectivity index (χ0v) is 6.56. The third-order valence-corrected chi connectivity index (χ3v) is 2.23. The first-order valence-corrected chi connectivity index (χ1v) is 4.39. The van der Waals surface area contributed by atoms with Crippen LogP contribution in [0.25, 0.3) is 0 Å². The first-order valence-electron chi connectivity index (χ1n) is 2.87. The number of nitriles is 2. The van der Waals surface area contributed by atoms with E-state index in [1.54, 1.807) is 11.8 Å². The van der Waals surface area contributed by atoms with Gasteiger partial charge in [-0.15, -0.1) is 0 Å². The summed E-state index contributed by atoms with van der Waals surface area (Å²) in [5.74, 6) is 5.46. The van der Waals surface area contributed by atoms with Crippen molar-refractivity contribution >= 4 is 16.4 Å². The zero-order chi connectivity index (χ0) is 8.27. The number of hydrogen-bond donors (Lipinski definition) is 0. The van der Waals surface area contributed by atoms with Gasteiger partial charge < -0.3 is 0 Å². The van der Waals surface area contributed by atoms with Gasteiger partial charge in [-0.3, -0.25) is 0 Å². The van der Waals surface area contributed by atoms with Gasteiger partial charge in [0.15, 0.2) is 11.6 Å². The summed E-state index contributed by atoms with van der Waals surface area (Å²) in [6.07, 6.45) is 1.65. The summed E-state index contributed by atoms with van der Waals surface area (Å²) in [5.41, 5.74) is 0.869. The second-order valence-corrected chi connectivity index (χ2v) is 3.39. The van der Waals surface area contributed by atoms with E-state index >= 15 is 0 Å². The Hall–Kier alpha value is -1.45. The summed E-state index contributed by atoms with van der Waals surface area (Å²) in [5, 5.41) is 18.9. The lowest BCUT2D eigenvalue weighted by atomic mass is 10.1. The van der Waals surface area contributed by atoms with Crippen molar-refractivity contribution in [1.29, 1.82) is 10.5 Å². The standard InChI is InChI=1S/C8H5N2S/c1-11-3-2-7(4-9)8(5-10)6-11/h2-3,6H,1H2/q+1. The predicted molar refractivity (Wildman–Crippen MR) is 46.4 cm³/mol. The highest BCUT2D eigenvalue weighted by molar-refractivity contribution is 8.18. The van der Waals surface area contributed by atoms with Crippen molar-refractivity contribution in [1.82, 2.24) is 0 Å². The van der Waals surface area contributed by atoms with Gasteiger partial charge in [-0.25, -0.2) is 0 Å². The first kappa shape index (κ1) is 7.65. The van der Waals surface area contributed by atoms with E-state index in [1.807, 2.05) is 17.5 Å². The van der Waals surface area contributed by atoms with Crippen LogP contribution < -0.4 is 0 Å². The molecule has 1 unspecified atom stereocenters. The van der Waals surface area contributed by atoms with Crippen molar-refractivity contribution < 1.29 is 0 Å². The van der Waals surface area contributed by atoms with Crippen LogP contribution in [0.3, 0.4) is 0 Å². The summed E-state index contributed by atoms with van der Waals surface area (Å²) < 4.78 is 0. The SMILES string of the molecule is C=S1C=CC(C#N)=C(C#N)[CH+]1. The molecule has 0 aliphatic carbocycles. The van der Waals surface area contributed by atoms with Crippen LogP contribution in [0.15, 0.2) is 22.6 Å². The van der Waals surface area contributed by atoms with Crippen molar-refractivity contribution in [3.05, 3.63) is 28.4 Å². The minimum absolute atomic E-state index is 0.229. The van der Waals surface area contributed by atoms with Crippen LogP contribution in [-0.2, 0) is 0 Å². The van der Waals surface area contributed by atoms with E-state index in [2.05, 4.69) is 5.87 Å². The fourth-order valence-electron chi connectivity index (χ4n) is 0.683. The maximum absolute atomic E-state index is 8.56. The molecule has 0 amide bonds. The average molecular weight is 161 g/mol. The Labute approximate surface area is 68.0 Å². The molecular weight excluding hydrogens is 156 g/mol. The molecule has 1 heterocycles. The van der Waals surface area contributed by atoms with Gasteiger partial charge in [0.25, 0.3) is 6.07 Å². The van der Waals surface area contributed by atoms with Crippen molar-refractivity contribution in [2.24, 2.45) is 0 Å². The molecule has 0 aromatic rings. The second kappa shape index (κ2) is 3.09. The van der Waals surface area contributed by atoms with Crippen molar-refractivity contribution in [2.75, 3.05) is 0 Å². The Morgan fingerprint density at radius 2 is 2.18 bits per heavy atom. The molecule has 1 aliphatic rings. The fraction of sp³-hybridized carbons (Fsp3) is 0. The van der Waals surface area contributed by atoms with Crippen LogP contribution in [0.5, 0.6) is 0 Å². The third-order valence-electron chi connectivity index (χ3n) is 1.21. The van der Waals surface area contributed by atoms with Gasteiger partial charge in [0.1, 0.15) is 0 Å². The lowest BCUT2D eigenvalue weighted by Gasteiger charge is -1.97. The topological polar surface area (TPSA) is 47.6 Å². The molecular formula is C8H5N2S+. The van der Waals surface area contributed by atoms with Crippen LogP contribution in [0.4, 0.5) is 0 Å². The zero-order valence-electron chi connectivity index (χ0n) is 5.74. The summed E-state index contributed by atoms with van der Waals surface area (Å²) in [4.78, 5) is 0. The Bertz CT molecular complexity index is 336. The summed E-state index contributed by atoms with van der Waals surface area (Å²) in [6.45, 7) is 0. The molecule has 0 aromatic carbocycles. The van der Waals surface area contributed by atoms with E-state index in [-0.39, 0.29) is 10.5 Å². The molecule has 1 rings (SSSR count). The monoisotopic (exact) mass is 161 g/mol. The smallest absolute Gasteiger partial charge is 0.176 e. The van der Waals surface area contributed by atoms with Crippen molar-refractivity contribution in [3.63, 3.8) is 0 Å². The van der Waals surface area contributed by atoms with Gasteiger partial charge >= 0.3 is 0 Å². The Morgan fingerprint density at radius 1 is 1.45 bits per heavy atom. The number of rotatable bonds is 0. The summed E-state index contributed by atoms with van der Waals surface area (Å²) >= 11 is 0. The van der Waals surface area contributed by atoms with Gasteiger partial charge in [0, 0.05) is 6.08 Å². The second-order valence-electron chi connectivity index (χ2n) is 1.94. The molecule has 1 atom stereocenters. The highest BCUT2D eigenvalue weighted by atomic mass is 32.2. The molecule has 0 aromatic heterocycles. The molecule has 0 saturated heterocycles. The molecule has 0 saturated carbocycles. The summed E-state index contributed by atoms with van der Waals surface area (Å²) in [6, 6.07) is 3.89. The molecule has 2 nitrogen and oxygen atoms in total. The molecule has 0 radical (unpaired) electrons. The minimum atomic E-state index is -0.229. The molecule has 0 bridgehead atoms. The lowest BCUT2D eigenvalue weighted by molar-refractivity contribution is 1.44. The molecule has 1 aliphatic heterocycles. The Kier molecular flexibility index (Phi) is 2.15. The Balaban J connectivity index is 3.09. The van der Waals surface area contributed by atoms with E-state index in [0.29, 0.717) is 11.1 Å². The van der Waals surface area contributed by atoms with E-state index in [0.717, 1.165) is 0 Å². The molecule has 0 spiro atoms. The first-order chi connectivity index (χ1) is 5.27.